The summed E-state index contributed by atoms with van der Waals surface area (Å²) in [5.41, 5.74) is 3.96. The normalized spacial score (nSPS) is 15.9. The summed E-state index contributed by atoms with van der Waals surface area (Å²) in [5, 5.41) is 4.29. The minimum absolute atomic E-state index is 0.0884. The number of anilines is 2. The van der Waals surface area contributed by atoms with Crippen molar-refractivity contribution in [3.05, 3.63) is 87.7 Å². The van der Waals surface area contributed by atoms with Crippen LogP contribution < -0.4 is 10.2 Å². The fourth-order valence-electron chi connectivity index (χ4n) is 3.03. The number of halogens is 2. The van der Waals surface area contributed by atoms with Crippen LogP contribution in [-0.2, 0) is 0 Å². The standard InChI is InChI=1S/C20H15Cl2N3O/c1-12-4-7-14(8-5-12)25-19(18-15(20(25)26)3-2-10-23-18)24-13-6-9-16(21)17(22)11-13/h2-11,19,24H,1H3/t19-/m1/s1. The largest absolute Gasteiger partial charge is 0.360 e. The first kappa shape index (κ1) is 16.9. The zero-order chi connectivity index (χ0) is 18.3. The number of fused-ring (bicyclic) bond motifs is 1. The Morgan fingerprint density at radius 1 is 1.04 bits per heavy atom. The lowest BCUT2D eigenvalue weighted by Crippen LogP contribution is -2.32. The molecule has 1 aliphatic heterocycles. The number of nitrogens with zero attached hydrogens (tertiary/aromatic N) is 2. The molecular weight excluding hydrogens is 369 g/mol. The predicted octanol–water partition coefficient (Wildman–Crippen LogP) is 5.47. The molecule has 6 heteroatoms. The van der Waals surface area contributed by atoms with Crippen LogP contribution in [0.25, 0.3) is 0 Å². The van der Waals surface area contributed by atoms with Gasteiger partial charge in [-0.1, -0.05) is 40.9 Å². The molecule has 3 aromatic rings. The topological polar surface area (TPSA) is 45.2 Å². The Morgan fingerprint density at radius 2 is 1.81 bits per heavy atom. The second kappa shape index (κ2) is 6.63. The third-order valence-electron chi connectivity index (χ3n) is 4.34. The Hall–Kier alpha value is -2.56. The average molecular weight is 384 g/mol. The first-order valence-corrected chi connectivity index (χ1v) is 8.87. The van der Waals surface area contributed by atoms with Crippen LogP contribution in [0, 0.1) is 6.92 Å². The molecule has 4 rings (SSSR count). The number of aryl methyl sites for hydroxylation is 1. The van der Waals surface area contributed by atoms with E-state index in [4.69, 9.17) is 23.2 Å². The van der Waals surface area contributed by atoms with E-state index in [1.807, 2.05) is 37.3 Å². The van der Waals surface area contributed by atoms with Crippen LogP contribution in [0.5, 0.6) is 0 Å². The number of carbonyl (C=O) groups is 1. The van der Waals surface area contributed by atoms with Gasteiger partial charge in [0.25, 0.3) is 5.91 Å². The van der Waals surface area contributed by atoms with E-state index in [0.717, 1.165) is 16.9 Å². The van der Waals surface area contributed by atoms with Crippen LogP contribution in [0.4, 0.5) is 11.4 Å². The van der Waals surface area contributed by atoms with Crippen molar-refractivity contribution in [2.75, 3.05) is 10.2 Å². The molecular formula is C20H15Cl2N3O. The molecule has 1 atom stereocenters. The van der Waals surface area contributed by atoms with E-state index in [1.54, 1.807) is 35.4 Å². The van der Waals surface area contributed by atoms with Gasteiger partial charge in [0, 0.05) is 17.6 Å². The third kappa shape index (κ3) is 2.91. The molecule has 0 spiro atoms. The minimum Gasteiger partial charge on any atom is -0.360 e. The number of aromatic nitrogens is 1. The molecule has 0 saturated heterocycles. The molecule has 1 amide bonds. The summed E-state index contributed by atoms with van der Waals surface area (Å²) < 4.78 is 0. The zero-order valence-corrected chi connectivity index (χ0v) is 15.4. The molecule has 0 fully saturated rings. The molecule has 0 unspecified atom stereocenters. The van der Waals surface area contributed by atoms with Crippen molar-refractivity contribution in [2.24, 2.45) is 0 Å². The number of benzene rings is 2. The maximum Gasteiger partial charge on any atom is 0.262 e. The van der Waals surface area contributed by atoms with Gasteiger partial charge in [0.1, 0.15) is 0 Å². The summed E-state index contributed by atoms with van der Waals surface area (Å²) in [5.74, 6) is -0.0884. The Kier molecular flexibility index (Phi) is 4.31. The SMILES string of the molecule is Cc1ccc(N2C(=O)c3cccnc3[C@@H]2Nc2ccc(Cl)c(Cl)c2)cc1. The molecule has 0 aliphatic carbocycles. The van der Waals surface area contributed by atoms with Crippen LogP contribution in [-0.4, -0.2) is 10.9 Å². The molecule has 1 aromatic heterocycles. The summed E-state index contributed by atoms with van der Waals surface area (Å²) in [7, 11) is 0. The maximum atomic E-state index is 13.0. The molecule has 0 radical (unpaired) electrons. The molecule has 130 valence electrons. The van der Waals surface area contributed by atoms with Gasteiger partial charge in [-0.25, -0.2) is 0 Å². The van der Waals surface area contributed by atoms with E-state index < -0.39 is 6.17 Å². The summed E-state index contributed by atoms with van der Waals surface area (Å²) in [6.07, 6.45) is 1.26. The van der Waals surface area contributed by atoms with Gasteiger partial charge in [0.15, 0.2) is 6.17 Å². The molecule has 0 bridgehead atoms. The number of hydrogen-bond donors (Lipinski definition) is 1. The van der Waals surface area contributed by atoms with E-state index in [1.165, 1.54) is 0 Å². The summed E-state index contributed by atoms with van der Waals surface area (Å²) >= 11 is 12.1. The average Bonchev–Trinajstić information content (AvgIpc) is 2.92. The number of hydrogen-bond acceptors (Lipinski definition) is 3. The van der Waals surface area contributed by atoms with Crippen LogP contribution in [0.15, 0.2) is 60.8 Å². The van der Waals surface area contributed by atoms with E-state index in [2.05, 4.69) is 10.3 Å². The molecule has 4 nitrogen and oxygen atoms in total. The van der Waals surface area contributed by atoms with Crippen LogP contribution >= 0.6 is 23.2 Å². The highest BCUT2D eigenvalue weighted by Gasteiger charge is 2.38. The summed E-state index contributed by atoms with van der Waals surface area (Å²) in [6, 6.07) is 16.7. The van der Waals surface area contributed by atoms with Gasteiger partial charge in [0.05, 0.1) is 21.3 Å². The highest BCUT2D eigenvalue weighted by molar-refractivity contribution is 6.42. The van der Waals surface area contributed by atoms with Gasteiger partial charge >= 0.3 is 0 Å². The fraction of sp³-hybridized carbons (Fsp3) is 0.100. The predicted molar refractivity (Wildman–Crippen MR) is 105 cm³/mol. The highest BCUT2D eigenvalue weighted by atomic mass is 35.5. The lowest BCUT2D eigenvalue weighted by molar-refractivity contribution is 0.0993. The van der Waals surface area contributed by atoms with E-state index >= 15 is 0 Å². The van der Waals surface area contributed by atoms with E-state index in [-0.39, 0.29) is 5.91 Å². The van der Waals surface area contributed by atoms with Gasteiger partial charge in [-0.05, 0) is 49.4 Å². The fourth-order valence-corrected chi connectivity index (χ4v) is 3.33. The Bertz CT molecular complexity index is 989. The van der Waals surface area contributed by atoms with Crippen LogP contribution in [0.3, 0.4) is 0 Å². The third-order valence-corrected chi connectivity index (χ3v) is 5.08. The van der Waals surface area contributed by atoms with Crippen LogP contribution in [0.1, 0.15) is 27.8 Å². The molecule has 2 aromatic carbocycles. The number of carbonyl (C=O) groups excluding carboxylic acids is 1. The quantitative estimate of drug-likeness (QED) is 0.652. The maximum absolute atomic E-state index is 13.0. The molecule has 1 N–H and O–H groups in total. The lowest BCUT2D eigenvalue weighted by Gasteiger charge is -2.26. The zero-order valence-electron chi connectivity index (χ0n) is 13.9. The number of pyridine rings is 1. The van der Waals surface area contributed by atoms with Gasteiger partial charge in [-0.15, -0.1) is 0 Å². The number of amides is 1. The molecule has 1 aliphatic rings. The van der Waals surface area contributed by atoms with Gasteiger partial charge in [0.2, 0.25) is 0 Å². The van der Waals surface area contributed by atoms with Crippen molar-refractivity contribution in [1.29, 1.82) is 0 Å². The first-order chi connectivity index (χ1) is 12.5. The molecule has 26 heavy (non-hydrogen) atoms. The van der Waals surface area contributed by atoms with Crippen molar-refractivity contribution in [1.82, 2.24) is 4.98 Å². The van der Waals surface area contributed by atoms with E-state index in [9.17, 15) is 4.79 Å². The van der Waals surface area contributed by atoms with E-state index in [0.29, 0.717) is 21.3 Å². The highest BCUT2D eigenvalue weighted by Crippen LogP contribution is 2.37. The van der Waals surface area contributed by atoms with Gasteiger partial charge in [-0.3, -0.25) is 14.7 Å². The molecule has 0 saturated carbocycles. The van der Waals surface area contributed by atoms with Gasteiger partial charge < -0.3 is 5.32 Å². The molecule has 2 heterocycles. The Morgan fingerprint density at radius 3 is 2.54 bits per heavy atom. The second-order valence-corrected chi connectivity index (χ2v) is 6.94. The second-order valence-electron chi connectivity index (χ2n) is 6.12. The number of rotatable bonds is 3. The van der Waals surface area contributed by atoms with Crippen molar-refractivity contribution in [3.8, 4) is 0 Å². The van der Waals surface area contributed by atoms with Crippen molar-refractivity contribution < 1.29 is 4.79 Å². The Balaban J connectivity index is 1.77. The van der Waals surface area contributed by atoms with Gasteiger partial charge in [-0.2, -0.15) is 0 Å². The van der Waals surface area contributed by atoms with Crippen molar-refractivity contribution in [2.45, 2.75) is 13.1 Å². The van der Waals surface area contributed by atoms with Crippen molar-refractivity contribution in [3.63, 3.8) is 0 Å². The lowest BCUT2D eigenvalue weighted by atomic mass is 10.2. The minimum atomic E-state index is -0.432. The summed E-state index contributed by atoms with van der Waals surface area (Å²) in [4.78, 5) is 19.1. The Labute approximate surface area is 161 Å². The van der Waals surface area contributed by atoms with Crippen LogP contribution in [0.2, 0.25) is 10.0 Å². The smallest absolute Gasteiger partial charge is 0.262 e. The van der Waals surface area contributed by atoms with Crippen molar-refractivity contribution >= 4 is 40.5 Å². The first-order valence-electron chi connectivity index (χ1n) is 8.11. The summed E-state index contributed by atoms with van der Waals surface area (Å²) in [6.45, 7) is 2.01. The monoisotopic (exact) mass is 383 g/mol. The number of nitrogens with one attached hydrogen (secondary N) is 1.